The van der Waals surface area contributed by atoms with Crippen molar-refractivity contribution in [3.8, 4) is 5.75 Å². The van der Waals surface area contributed by atoms with E-state index in [1.165, 1.54) is 16.4 Å². The summed E-state index contributed by atoms with van der Waals surface area (Å²) >= 11 is 0. The lowest BCUT2D eigenvalue weighted by atomic mass is 10.1. The predicted molar refractivity (Wildman–Crippen MR) is 113 cm³/mol. The van der Waals surface area contributed by atoms with Gasteiger partial charge in [-0.2, -0.15) is 0 Å². The molecule has 0 fully saturated rings. The predicted octanol–water partition coefficient (Wildman–Crippen LogP) is 5.50. The van der Waals surface area contributed by atoms with E-state index in [1.807, 2.05) is 43.4 Å². The van der Waals surface area contributed by atoms with Crippen molar-refractivity contribution in [2.75, 3.05) is 17.9 Å². The zero-order chi connectivity index (χ0) is 19.7. The van der Waals surface area contributed by atoms with E-state index in [1.54, 1.807) is 12.1 Å². The molecule has 0 amide bonds. The van der Waals surface area contributed by atoms with Crippen LogP contribution in [-0.4, -0.2) is 28.1 Å². The van der Waals surface area contributed by atoms with Crippen LogP contribution in [0.4, 0.5) is 15.8 Å². The second kappa shape index (κ2) is 7.60. The summed E-state index contributed by atoms with van der Waals surface area (Å²) in [6.45, 7) is 0.736. The van der Waals surface area contributed by atoms with Crippen LogP contribution in [0.1, 0.15) is 12.8 Å². The third-order valence-electron chi connectivity index (χ3n) is 4.84. The molecular formula is C21H23FN2O3S. The van der Waals surface area contributed by atoms with Crippen molar-refractivity contribution in [1.29, 1.82) is 0 Å². The molecule has 148 valence electrons. The van der Waals surface area contributed by atoms with Gasteiger partial charge < -0.3 is 10.1 Å². The first kappa shape index (κ1) is 19.0. The quantitative estimate of drug-likeness (QED) is 0.492. The molecule has 1 aliphatic rings. The van der Waals surface area contributed by atoms with Crippen LogP contribution in [0.3, 0.4) is 0 Å². The molecule has 3 N–H and O–H groups in total. The van der Waals surface area contributed by atoms with Gasteiger partial charge in [-0.25, -0.2) is 8.70 Å². The SMILES string of the molecule is CNCCCC1Oc2cc3ccccc3cc2N(c2cccc(F)c2)S1(O)O. The number of rotatable bonds is 5. The maximum atomic E-state index is 13.9. The number of fused-ring (bicyclic) bond motifs is 2. The maximum absolute atomic E-state index is 13.9. The summed E-state index contributed by atoms with van der Waals surface area (Å²) in [7, 11) is -1.53. The van der Waals surface area contributed by atoms with Crippen LogP contribution in [0, 0.1) is 5.82 Å². The van der Waals surface area contributed by atoms with E-state index < -0.39 is 22.0 Å². The van der Waals surface area contributed by atoms with Crippen LogP contribution in [0.15, 0.2) is 60.7 Å². The summed E-state index contributed by atoms with van der Waals surface area (Å²) in [5.41, 5.74) is 0.102. The maximum Gasteiger partial charge on any atom is 0.206 e. The normalized spacial score (nSPS) is 19.1. The molecule has 0 aliphatic carbocycles. The van der Waals surface area contributed by atoms with E-state index in [-0.39, 0.29) is 0 Å². The average molecular weight is 402 g/mol. The van der Waals surface area contributed by atoms with Gasteiger partial charge in [-0.1, -0.05) is 41.1 Å². The van der Waals surface area contributed by atoms with Crippen LogP contribution >= 0.6 is 10.8 Å². The molecule has 5 nitrogen and oxygen atoms in total. The number of benzene rings is 3. The van der Waals surface area contributed by atoms with Gasteiger partial charge in [-0.3, -0.25) is 9.11 Å². The minimum Gasteiger partial charge on any atom is -0.467 e. The summed E-state index contributed by atoms with van der Waals surface area (Å²) < 4.78 is 43.7. The molecule has 3 aromatic rings. The first-order valence-corrected chi connectivity index (χ1v) is 10.7. The molecule has 0 bridgehead atoms. The van der Waals surface area contributed by atoms with Crippen molar-refractivity contribution < 1.29 is 18.2 Å². The van der Waals surface area contributed by atoms with E-state index >= 15 is 0 Å². The largest absolute Gasteiger partial charge is 0.467 e. The van der Waals surface area contributed by atoms with E-state index in [2.05, 4.69) is 5.32 Å². The molecule has 1 unspecified atom stereocenters. The zero-order valence-electron chi connectivity index (χ0n) is 15.5. The van der Waals surface area contributed by atoms with Crippen LogP contribution < -0.4 is 14.4 Å². The Morgan fingerprint density at radius 3 is 2.54 bits per heavy atom. The van der Waals surface area contributed by atoms with Gasteiger partial charge in [-0.15, -0.1) is 0 Å². The van der Waals surface area contributed by atoms with Gasteiger partial charge in [0, 0.05) is 6.42 Å². The van der Waals surface area contributed by atoms with Crippen molar-refractivity contribution in [1.82, 2.24) is 5.32 Å². The number of halogens is 1. The Morgan fingerprint density at radius 2 is 1.82 bits per heavy atom. The highest BCUT2D eigenvalue weighted by molar-refractivity contribution is 8.26. The molecule has 28 heavy (non-hydrogen) atoms. The molecule has 0 radical (unpaired) electrons. The Balaban J connectivity index is 1.86. The van der Waals surface area contributed by atoms with Crippen molar-refractivity contribution >= 4 is 32.9 Å². The minimum absolute atomic E-state index is 0.387. The lowest BCUT2D eigenvalue weighted by Crippen LogP contribution is -2.39. The number of ether oxygens (including phenoxy) is 1. The highest BCUT2D eigenvalue weighted by atomic mass is 32.3. The Labute approximate surface area is 165 Å². The lowest BCUT2D eigenvalue weighted by Gasteiger charge is -2.52. The smallest absolute Gasteiger partial charge is 0.206 e. The van der Waals surface area contributed by atoms with Gasteiger partial charge in [0.2, 0.25) is 5.44 Å². The third kappa shape index (κ3) is 3.42. The highest BCUT2D eigenvalue weighted by Crippen LogP contribution is 2.62. The zero-order valence-corrected chi connectivity index (χ0v) is 16.3. The summed E-state index contributed by atoms with van der Waals surface area (Å²) in [5, 5.41) is 4.99. The second-order valence-corrected chi connectivity index (χ2v) is 8.81. The van der Waals surface area contributed by atoms with Crippen LogP contribution in [0.25, 0.3) is 10.8 Å². The van der Waals surface area contributed by atoms with Crippen LogP contribution in [0.2, 0.25) is 0 Å². The minimum atomic E-state index is -3.38. The Hall–Kier alpha value is -2.32. The molecule has 4 rings (SSSR count). The van der Waals surface area contributed by atoms with Gasteiger partial charge in [0.05, 0.1) is 5.69 Å². The summed E-state index contributed by atoms with van der Waals surface area (Å²) in [6, 6.07) is 17.4. The van der Waals surface area contributed by atoms with Crippen molar-refractivity contribution in [3.63, 3.8) is 0 Å². The van der Waals surface area contributed by atoms with Gasteiger partial charge in [-0.05, 0) is 61.1 Å². The summed E-state index contributed by atoms with van der Waals surface area (Å²) in [5.74, 6) is 0.122. The number of nitrogens with zero attached hydrogens (tertiary/aromatic N) is 1. The molecular weight excluding hydrogens is 379 g/mol. The number of anilines is 2. The molecule has 1 heterocycles. The second-order valence-electron chi connectivity index (χ2n) is 6.80. The summed E-state index contributed by atoms with van der Waals surface area (Å²) in [4.78, 5) is 0. The Morgan fingerprint density at radius 1 is 1.07 bits per heavy atom. The molecule has 0 aromatic heterocycles. The fraction of sp³-hybridized carbons (Fsp3) is 0.238. The number of hydrogen-bond donors (Lipinski definition) is 3. The standard InChI is InChI=1S/C21H23FN2O3S/c1-23-11-5-10-21-27-20-13-16-7-3-2-6-15(16)12-19(20)24(28(21,25)26)18-9-4-8-17(22)14-18/h2-4,6-9,12-14,21,23,25-26H,5,10-11H2,1H3. The first-order chi connectivity index (χ1) is 13.5. The van der Waals surface area contributed by atoms with E-state index in [0.29, 0.717) is 23.5 Å². The van der Waals surface area contributed by atoms with Gasteiger partial charge >= 0.3 is 0 Å². The molecule has 0 spiro atoms. The van der Waals surface area contributed by atoms with Gasteiger partial charge in [0.1, 0.15) is 17.3 Å². The topological polar surface area (TPSA) is 65.0 Å². The van der Waals surface area contributed by atoms with Crippen LogP contribution in [0.5, 0.6) is 5.75 Å². The fourth-order valence-corrected chi connectivity index (χ4v) is 5.30. The lowest BCUT2D eigenvalue weighted by molar-refractivity contribution is 0.236. The van der Waals surface area contributed by atoms with Crippen molar-refractivity contribution in [2.45, 2.75) is 18.3 Å². The monoisotopic (exact) mass is 402 g/mol. The average Bonchev–Trinajstić information content (AvgIpc) is 2.67. The van der Waals surface area contributed by atoms with Crippen molar-refractivity contribution in [3.05, 3.63) is 66.5 Å². The Kier molecular flexibility index (Phi) is 5.16. The number of nitrogens with one attached hydrogen (secondary N) is 1. The van der Waals surface area contributed by atoms with E-state index in [9.17, 15) is 13.5 Å². The molecule has 7 heteroatoms. The highest BCUT2D eigenvalue weighted by Gasteiger charge is 2.41. The third-order valence-corrected chi connectivity index (χ3v) is 6.82. The van der Waals surface area contributed by atoms with E-state index in [0.717, 1.165) is 23.7 Å². The molecule has 0 saturated carbocycles. The van der Waals surface area contributed by atoms with Gasteiger partial charge in [0.15, 0.2) is 0 Å². The summed E-state index contributed by atoms with van der Waals surface area (Å²) in [6.07, 6.45) is 1.18. The molecule has 1 atom stereocenters. The van der Waals surface area contributed by atoms with E-state index in [4.69, 9.17) is 4.74 Å². The first-order valence-electron chi connectivity index (χ1n) is 9.17. The molecule has 3 aromatic carbocycles. The van der Waals surface area contributed by atoms with Crippen molar-refractivity contribution in [2.24, 2.45) is 0 Å². The Bertz CT molecular complexity index is 998. The van der Waals surface area contributed by atoms with Crippen LogP contribution in [-0.2, 0) is 0 Å². The fourth-order valence-electron chi connectivity index (χ4n) is 3.49. The molecule has 1 aliphatic heterocycles. The van der Waals surface area contributed by atoms with Gasteiger partial charge in [0.25, 0.3) is 0 Å². The number of hydrogen-bond acceptors (Lipinski definition) is 5. The molecule has 0 saturated heterocycles.